The van der Waals surface area contributed by atoms with Gasteiger partial charge in [-0.3, -0.25) is 14.6 Å². The molecule has 1 N–H and O–H groups in total. The standard InChI is InChI=1S/C18H15N3O3/c1-18(2)16(24)11-7-13(23)15-14(12(11)8-19-18)20-17(21-15)9-3-5-10(22)6-4-9/h3-6,8,11,22H,7H2,1-2H3. The van der Waals surface area contributed by atoms with Crippen molar-refractivity contribution < 1.29 is 14.7 Å². The van der Waals surface area contributed by atoms with Gasteiger partial charge in [0.25, 0.3) is 0 Å². The van der Waals surface area contributed by atoms with Crippen molar-refractivity contribution in [1.82, 2.24) is 0 Å². The Labute approximate surface area is 138 Å². The zero-order valence-electron chi connectivity index (χ0n) is 13.3. The molecule has 1 aromatic rings. The molecule has 0 aromatic heterocycles. The van der Waals surface area contributed by atoms with Gasteiger partial charge in [-0.1, -0.05) is 0 Å². The van der Waals surface area contributed by atoms with Gasteiger partial charge in [0.15, 0.2) is 17.4 Å². The lowest BCUT2D eigenvalue weighted by molar-refractivity contribution is -0.128. The number of amidine groups is 1. The van der Waals surface area contributed by atoms with E-state index in [1.807, 2.05) is 0 Å². The number of aliphatic imine (C=N–C) groups is 3. The lowest BCUT2D eigenvalue weighted by atomic mass is 9.74. The Hall–Kier alpha value is -2.89. The van der Waals surface area contributed by atoms with E-state index in [4.69, 9.17) is 0 Å². The third kappa shape index (κ3) is 2.06. The predicted octanol–water partition coefficient (Wildman–Crippen LogP) is 1.87. The molecule has 6 heteroatoms. The van der Waals surface area contributed by atoms with Gasteiger partial charge in [0.1, 0.15) is 22.7 Å². The SMILES string of the molecule is CC1(C)N=CC2=C3N=C(c4ccc(O)cc4)N=C3C(=O)CC2C1=O. The van der Waals surface area contributed by atoms with Crippen molar-refractivity contribution in [3.05, 3.63) is 41.1 Å². The van der Waals surface area contributed by atoms with E-state index in [9.17, 15) is 14.7 Å². The maximum Gasteiger partial charge on any atom is 0.184 e. The van der Waals surface area contributed by atoms with E-state index < -0.39 is 11.5 Å². The van der Waals surface area contributed by atoms with Crippen molar-refractivity contribution in [1.29, 1.82) is 0 Å². The maximum absolute atomic E-state index is 12.6. The summed E-state index contributed by atoms with van der Waals surface area (Å²) in [6, 6.07) is 6.45. The second-order valence-electron chi connectivity index (χ2n) is 6.61. The molecule has 0 radical (unpaired) electrons. The van der Waals surface area contributed by atoms with Crippen LogP contribution in [-0.4, -0.2) is 40.0 Å². The quantitative estimate of drug-likeness (QED) is 0.856. The predicted molar refractivity (Wildman–Crippen MR) is 89.8 cm³/mol. The molecule has 2 heterocycles. The number of phenols is 1. The molecule has 3 aliphatic rings. The highest BCUT2D eigenvalue weighted by Gasteiger charge is 2.45. The molecule has 4 rings (SSSR count). The number of ketones is 2. The third-order valence-electron chi connectivity index (χ3n) is 4.53. The minimum Gasteiger partial charge on any atom is -0.508 e. The molecule has 24 heavy (non-hydrogen) atoms. The normalized spacial score (nSPS) is 24.5. The van der Waals surface area contributed by atoms with Crippen LogP contribution in [0.5, 0.6) is 5.75 Å². The minimum absolute atomic E-state index is 0.0619. The second-order valence-corrected chi connectivity index (χ2v) is 6.61. The van der Waals surface area contributed by atoms with Crippen molar-refractivity contribution in [2.75, 3.05) is 0 Å². The minimum atomic E-state index is -0.814. The summed E-state index contributed by atoms with van der Waals surface area (Å²) in [7, 11) is 0. The first kappa shape index (κ1) is 14.7. The molecule has 1 aliphatic carbocycles. The molecule has 1 unspecified atom stereocenters. The zero-order chi connectivity index (χ0) is 17.1. The van der Waals surface area contributed by atoms with Crippen molar-refractivity contribution >= 4 is 29.3 Å². The number of phenolic OH excluding ortho intramolecular Hbond substituents is 1. The van der Waals surface area contributed by atoms with Gasteiger partial charge >= 0.3 is 0 Å². The van der Waals surface area contributed by atoms with E-state index in [-0.39, 0.29) is 23.7 Å². The Kier molecular flexibility index (Phi) is 2.94. The van der Waals surface area contributed by atoms with Gasteiger partial charge in [0.2, 0.25) is 0 Å². The Bertz CT molecular complexity index is 902. The molecule has 0 bridgehead atoms. The van der Waals surface area contributed by atoms with Gasteiger partial charge < -0.3 is 5.11 Å². The van der Waals surface area contributed by atoms with Crippen LogP contribution >= 0.6 is 0 Å². The monoisotopic (exact) mass is 321 g/mol. The highest BCUT2D eigenvalue weighted by Crippen LogP contribution is 2.36. The largest absolute Gasteiger partial charge is 0.508 e. The topological polar surface area (TPSA) is 91.4 Å². The molecule has 1 atom stereocenters. The second kappa shape index (κ2) is 4.80. The number of aromatic hydroxyl groups is 1. The summed E-state index contributed by atoms with van der Waals surface area (Å²) in [6.07, 6.45) is 1.77. The van der Waals surface area contributed by atoms with E-state index >= 15 is 0 Å². The Morgan fingerprint density at radius 1 is 1.12 bits per heavy atom. The Morgan fingerprint density at radius 2 is 1.83 bits per heavy atom. The highest BCUT2D eigenvalue weighted by molar-refractivity contribution is 6.51. The Morgan fingerprint density at radius 3 is 2.54 bits per heavy atom. The van der Waals surface area contributed by atoms with Gasteiger partial charge in [-0.25, -0.2) is 9.98 Å². The van der Waals surface area contributed by atoms with Crippen molar-refractivity contribution in [2.45, 2.75) is 25.8 Å². The summed E-state index contributed by atoms with van der Waals surface area (Å²) in [5, 5.41) is 9.39. The van der Waals surface area contributed by atoms with Gasteiger partial charge in [0.05, 0.1) is 5.92 Å². The van der Waals surface area contributed by atoms with E-state index in [0.717, 1.165) is 0 Å². The van der Waals surface area contributed by atoms with Crippen LogP contribution in [0.2, 0.25) is 0 Å². The molecule has 0 saturated carbocycles. The van der Waals surface area contributed by atoms with Gasteiger partial charge in [-0.15, -0.1) is 0 Å². The molecule has 120 valence electrons. The highest BCUT2D eigenvalue weighted by atomic mass is 16.3. The fourth-order valence-corrected chi connectivity index (χ4v) is 3.14. The molecular weight excluding hydrogens is 306 g/mol. The van der Waals surface area contributed by atoms with E-state index in [0.29, 0.717) is 28.4 Å². The smallest absolute Gasteiger partial charge is 0.184 e. The van der Waals surface area contributed by atoms with Crippen LogP contribution in [0, 0.1) is 5.92 Å². The number of carbonyl (C=O) groups excluding carboxylic acids is 2. The first-order valence-corrected chi connectivity index (χ1v) is 7.71. The first-order chi connectivity index (χ1) is 11.4. The summed E-state index contributed by atoms with van der Waals surface area (Å²) < 4.78 is 0. The van der Waals surface area contributed by atoms with Crippen molar-refractivity contribution in [3.63, 3.8) is 0 Å². The van der Waals surface area contributed by atoms with Crippen LogP contribution in [0.15, 0.2) is 50.5 Å². The number of rotatable bonds is 1. The number of benzene rings is 1. The summed E-state index contributed by atoms with van der Waals surface area (Å²) in [5.74, 6) is -0.175. The number of Topliss-reactive ketones (excluding diaryl/α,β-unsaturated/α-hetero) is 2. The van der Waals surface area contributed by atoms with Crippen LogP contribution in [0.1, 0.15) is 25.8 Å². The van der Waals surface area contributed by atoms with E-state index in [1.54, 1.807) is 32.2 Å². The first-order valence-electron chi connectivity index (χ1n) is 7.71. The fraction of sp³-hybridized carbons (Fsp3) is 0.278. The number of fused-ring (bicyclic) bond motifs is 2. The number of hydrogen-bond acceptors (Lipinski definition) is 6. The number of carbonyl (C=O) groups is 2. The molecule has 1 aromatic carbocycles. The van der Waals surface area contributed by atoms with Crippen molar-refractivity contribution in [2.24, 2.45) is 20.9 Å². The van der Waals surface area contributed by atoms with Gasteiger partial charge in [0, 0.05) is 23.8 Å². The average Bonchev–Trinajstić information content (AvgIpc) is 2.98. The molecule has 0 saturated heterocycles. The average molecular weight is 321 g/mol. The summed E-state index contributed by atoms with van der Waals surface area (Å²) in [6.45, 7) is 3.50. The third-order valence-corrected chi connectivity index (χ3v) is 4.53. The van der Waals surface area contributed by atoms with Crippen LogP contribution < -0.4 is 0 Å². The maximum atomic E-state index is 12.6. The van der Waals surface area contributed by atoms with E-state index in [1.165, 1.54) is 12.1 Å². The lowest BCUT2D eigenvalue weighted by Gasteiger charge is -2.32. The molecule has 0 amide bonds. The molecule has 0 fully saturated rings. The van der Waals surface area contributed by atoms with Crippen LogP contribution in [0.4, 0.5) is 0 Å². The summed E-state index contributed by atoms with van der Waals surface area (Å²) in [4.78, 5) is 38.2. The van der Waals surface area contributed by atoms with Crippen LogP contribution in [0.3, 0.4) is 0 Å². The molecule has 2 aliphatic heterocycles. The van der Waals surface area contributed by atoms with E-state index in [2.05, 4.69) is 15.0 Å². The van der Waals surface area contributed by atoms with Gasteiger partial charge in [-0.2, -0.15) is 0 Å². The summed E-state index contributed by atoms with van der Waals surface area (Å²) >= 11 is 0. The van der Waals surface area contributed by atoms with Crippen molar-refractivity contribution in [3.8, 4) is 5.75 Å². The van der Waals surface area contributed by atoms with Gasteiger partial charge in [-0.05, 0) is 38.1 Å². The lowest BCUT2D eigenvalue weighted by Crippen LogP contribution is -2.44. The van der Waals surface area contributed by atoms with Crippen LogP contribution in [-0.2, 0) is 9.59 Å². The number of nitrogens with zero attached hydrogens (tertiary/aromatic N) is 3. The molecule has 6 nitrogen and oxygen atoms in total. The zero-order valence-corrected chi connectivity index (χ0v) is 13.3. The molecular formula is C18H15N3O3. The molecule has 0 spiro atoms. The van der Waals surface area contributed by atoms with Crippen LogP contribution in [0.25, 0.3) is 0 Å². The summed E-state index contributed by atoms with van der Waals surface area (Å²) in [5.41, 5.74) is 1.30. The number of hydrogen-bond donors (Lipinski definition) is 1. The Balaban J connectivity index is 1.86. The number of allylic oxidation sites excluding steroid dienone is 2. The fourth-order valence-electron chi connectivity index (χ4n) is 3.14.